The van der Waals surface area contributed by atoms with Gasteiger partial charge >= 0.3 is 5.97 Å². The second kappa shape index (κ2) is 9.61. The molecule has 2 aromatic rings. The second-order valence-corrected chi connectivity index (χ2v) is 11.9. The minimum atomic E-state index is -3.96. The lowest BCUT2D eigenvalue weighted by Crippen LogP contribution is -2.42. The van der Waals surface area contributed by atoms with Crippen LogP contribution in [0.15, 0.2) is 29.3 Å². The highest BCUT2D eigenvalue weighted by molar-refractivity contribution is 7.89. The number of nitrogens with one attached hydrogen (secondary N) is 1. The van der Waals surface area contributed by atoms with Crippen LogP contribution in [-0.2, 0) is 30.8 Å². The van der Waals surface area contributed by atoms with Gasteiger partial charge in [-0.3, -0.25) is 4.79 Å². The third-order valence-corrected chi connectivity index (χ3v) is 8.05. The predicted molar refractivity (Wildman–Crippen MR) is 128 cm³/mol. The SMILES string of the molecule is C[C@H](C(=O)OC(C)(C)C)N1Cc2ccc(-c3nc(N[C@H]4CCOC[C@H]4F)ncc3Cl)cc2S1(=O)=O. The van der Waals surface area contributed by atoms with Crippen LogP contribution in [0.3, 0.4) is 0 Å². The van der Waals surface area contributed by atoms with E-state index in [-0.39, 0.29) is 29.0 Å². The van der Waals surface area contributed by atoms with Crippen LogP contribution in [0.1, 0.15) is 39.7 Å². The lowest BCUT2D eigenvalue weighted by Gasteiger charge is -2.26. The molecule has 1 saturated heterocycles. The highest BCUT2D eigenvalue weighted by Gasteiger charge is 2.41. The molecule has 0 radical (unpaired) electrons. The Labute approximate surface area is 209 Å². The molecular weight excluding hydrogens is 499 g/mol. The molecule has 0 saturated carbocycles. The summed E-state index contributed by atoms with van der Waals surface area (Å²) in [5.41, 5.74) is 0.578. The van der Waals surface area contributed by atoms with Crippen molar-refractivity contribution in [3.8, 4) is 11.3 Å². The largest absolute Gasteiger partial charge is 0.459 e. The number of carbonyl (C=O) groups excluding carboxylic acids is 1. The summed E-state index contributed by atoms with van der Waals surface area (Å²) in [6, 6.07) is 3.37. The third kappa shape index (κ3) is 5.42. The monoisotopic (exact) mass is 526 g/mol. The van der Waals surface area contributed by atoms with Crippen LogP contribution in [0.2, 0.25) is 5.02 Å². The van der Waals surface area contributed by atoms with Crippen LogP contribution < -0.4 is 5.32 Å². The number of anilines is 1. The van der Waals surface area contributed by atoms with Crippen LogP contribution in [0.25, 0.3) is 11.3 Å². The van der Waals surface area contributed by atoms with Crippen molar-refractivity contribution in [2.24, 2.45) is 0 Å². The molecule has 1 N–H and O–H groups in total. The Kier molecular flexibility index (Phi) is 7.07. The van der Waals surface area contributed by atoms with Gasteiger partial charge in [0.25, 0.3) is 0 Å². The number of halogens is 2. The van der Waals surface area contributed by atoms with E-state index in [4.69, 9.17) is 21.1 Å². The maximum Gasteiger partial charge on any atom is 0.324 e. The van der Waals surface area contributed by atoms with Crippen molar-refractivity contribution >= 4 is 33.5 Å². The van der Waals surface area contributed by atoms with E-state index >= 15 is 0 Å². The van der Waals surface area contributed by atoms with Gasteiger partial charge in [0, 0.05) is 18.7 Å². The van der Waals surface area contributed by atoms with E-state index in [0.717, 1.165) is 4.31 Å². The first-order valence-corrected chi connectivity index (χ1v) is 13.1. The molecule has 190 valence electrons. The summed E-state index contributed by atoms with van der Waals surface area (Å²) in [6.07, 6.45) is 0.650. The zero-order chi connectivity index (χ0) is 25.5. The van der Waals surface area contributed by atoms with Gasteiger partial charge in [0.2, 0.25) is 16.0 Å². The van der Waals surface area contributed by atoms with Gasteiger partial charge in [0.05, 0.1) is 34.5 Å². The fourth-order valence-corrected chi connectivity index (χ4v) is 5.98. The molecule has 0 aliphatic carbocycles. The maximum absolute atomic E-state index is 14.1. The zero-order valence-electron chi connectivity index (χ0n) is 19.9. The summed E-state index contributed by atoms with van der Waals surface area (Å²) in [6.45, 7) is 7.15. The molecule has 1 aromatic carbocycles. The van der Waals surface area contributed by atoms with Crippen LogP contribution in [0.5, 0.6) is 0 Å². The van der Waals surface area contributed by atoms with E-state index in [1.807, 2.05) is 0 Å². The van der Waals surface area contributed by atoms with Gasteiger partial charge in [-0.25, -0.2) is 22.8 Å². The van der Waals surface area contributed by atoms with Gasteiger partial charge < -0.3 is 14.8 Å². The molecule has 4 rings (SSSR count). The van der Waals surface area contributed by atoms with Crippen LogP contribution in [-0.4, -0.2) is 65.7 Å². The molecule has 3 atom stereocenters. The standard InChI is InChI=1S/C23H28ClFN4O5S/c1-13(21(30)34-23(2,3)4)29-11-15-6-5-14(9-19(15)35(29,31)32)20-16(24)10-26-22(28-20)27-18-7-8-33-12-17(18)25/h5-6,9-10,13,17-18H,7-8,11-12H2,1-4H3,(H,26,27,28)/t13-,17-,18+/m1/s1. The molecule has 2 aliphatic heterocycles. The zero-order valence-corrected chi connectivity index (χ0v) is 21.5. The molecule has 0 bridgehead atoms. The summed E-state index contributed by atoms with van der Waals surface area (Å²) in [4.78, 5) is 21.2. The van der Waals surface area contributed by atoms with Crippen molar-refractivity contribution in [3.05, 3.63) is 35.0 Å². The average molecular weight is 527 g/mol. The minimum absolute atomic E-state index is 0.000979. The number of sulfonamides is 1. The Morgan fingerprint density at radius 1 is 1.37 bits per heavy atom. The number of benzene rings is 1. The van der Waals surface area contributed by atoms with E-state index in [1.54, 1.807) is 32.9 Å². The molecule has 3 heterocycles. The fourth-order valence-electron chi connectivity index (χ4n) is 3.97. The summed E-state index contributed by atoms with van der Waals surface area (Å²) >= 11 is 6.34. The lowest BCUT2D eigenvalue weighted by molar-refractivity contribution is -0.159. The van der Waals surface area contributed by atoms with Gasteiger partial charge in [0.1, 0.15) is 17.8 Å². The van der Waals surface area contributed by atoms with Crippen molar-refractivity contribution in [2.75, 3.05) is 18.5 Å². The molecular formula is C23H28ClFN4O5S. The number of alkyl halides is 1. The van der Waals surface area contributed by atoms with Crippen molar-refractivity contribution in [2.45, 2.75) is 69.4 Å². The number of esters is 1. The maximum atomic E-state index is 14.1. The Hall–Kier alpha value is -2.34. The Morgan fingerprint density at radius 2 is 2.11 bits per heavy atom. The number of fused-ring (bicyclic) bond motifs is 1. The van der Waals surface area contributed by atoms with Gasteiger partial charge in [-0.15, -0.1) is 0 Å². The third-order valence-electron chi connectivity index (χ3n) is 5.78. The summed E-state index contributed by atoms with van der Waals surface area (Å²) in [5.74, 6) is -0.439. The molecule has 12 heteroatoms. The highest BCUT2D eigenvalue weighted by atomic mass is 35.5. The van der Waals surface area contributed by atoms with Gasteiger partial charge in [-0.1, -0.05) is 23.7 Å². The molecule has 1 fully saturated rings. The van der Waals surface area contributed by atoms with E-state index in [2.05, 4.69) is 15.3 Å². The predicted octanol–water partition coefficient (Wildman–Crippen LogP) is 3.57. The Balaban J connectivity index is 1.61. The van der Waals surface area contributed by atoms with Gasteiger partial charge in [0.15, 0.2) is 0 Å². The first-order valence-electron chi connectivity index (χ1n) is 11.3. The molecule has 0 unspecified atom stereocenters. The normalized spacial score (nSPS) is 22.9. The Morgan fingerprint density at radius 3 is 2.80 bits per heavy atom. The number of hydrogen-bond donors (Lipinski definition) is 1. The quantitative estimate of drug-likeness (QED) is 0.589. The first kappa shape index (κ1) is 25.7. The summed E-state index contributed by atoms with van der Waals surface area (Å²) < 4.78 is 52.4. The number of hydrogen-bond acceptors (Lipinski definition) is 8. The molecule has 2 aliphatic rings. The molecule has 0 spiro atoms. The summed E-state index contributed by atoms with van der Waals surface area (Å²) in [5, 5.41) is 3.19. The molecule has 0 amide bonds. The van der Waals surface area contributed by atoms with E-state index in [0.29, 0.717) is 29.8 Å². The summed E-state index contributed by atoms with van der Waals surface area (Å²) in [7, 11) is -3.96. The highest BCUT2D eigenvalue weighted by Crippen LogP contribution is 2.37. The van der Waals surface area contributed by atoms with Crippen molar-refractivity contribution in [3.63, 3.8) is 0 Å². The number of carbonyl (C=O) groups is 1. The molecule has 35 heavy (non-hydrogen) atoms. The molecule has 1 aromatic heterocycles. The topological polar surface area (TPSA) is 111 Å². The fraction of sp³-hybridized carbons (Fsp3) is 0.522. The van der Waals surface area contributed by atoms with Gasteiger partial charge in [-0.2, -0.15) is 4.31 Å². The Bertz CT molecular complexity index is 1240. The number of aromatic nitrogens is 2. The van der Waals surface area contributed by atoms with Crippen molar-refractivity contribution in [1.82, 2.24) is 14.3 Å². The lowest BCUT2D eigenvalue weighted by atomic mass is 10.1. The van der Waals surface area contributed by atoms with Crippen LogP contribution in [0.4, 0.5) is 10.3 Å². The van der Waals surface area contributed by atoms with E-state index < -0.39 is 39.8 Å². The average Bonchev–Trinajstić information content (AvgIpc) is 3.05. The number of rotatable bonds is 5. The first-order chi connectivity index (χ1) is 16.4. The van der Waals surface area contributed by atoms with Crippen LogP contribution >= 0.6 is 11.6 Å². The minimum Gasteiger partial charge on any atom is -0.459 e. The van der Waals surface area contributed by atoms with Gasteiger partial charge in [-0.05, 0) is 45.7 Å². The van der Waals surface area contributed by atoms with Crippen molar-refractivity contribution < 1.29 is 27.1 Å². The number of ether oxygens (including phenoxy) is 2. The number of nitrogens with zero attached hydrogens (tertiary/aromatic N) is 3. The smallest absolute Gasteiger partial charge is 0.324 e. The van der Waals surface area contributed by atoms with E-state index in [9.17, 15) is 17.6 Å². The molecule has 9 nitrogen and oxygen atoms in total. The van der Waals surface area contributed by atoms with Crippen molar-refractivity contribution in [1.29, 1.82) is 0 Å². The second-order valence-electron chi connectivity index (χ2n) is 9.60. The van der Waals surface area contributed by atoms with Crippen LogP contribution in [0, 0.1) is 0 Å². The van der Waals surface area contributed by atoms with E-state index in [1.165, 1.54) is 19.2 Å².